The van der Waals surface area contributed by atoms with E-state index in [1.165, 1.54) is 25.1 Å². The lowest BCUT2D eigenvalue weighted by Crippen LogP contribution is -2.28. The highest BCUT2D eigenvalue weighted by atomic mass is 19.4. The van der Waals surface area contributed by atoms with Crippen LogP contribution in [0.2, 0.25) is 0 Å². The van der Waals surface area contributed by atoms with Gasteiger partial charge in [0.2, 0.25) is 17.7 Å². The highest BCUT2D eigenvalue weighted by molar-refractivity contribution is 5.73. The molecule has 158 valence electrons. The maximum atomic E-state index is 12.4. The second kappa shape index (κ2) is 8.95. The van der Waals surface area contributed by atoms with E-state index in [1.807, 2.05) is 24.3 Å². The average molecular weight is 420 g/mol. The molecule has 1 amide bonds. The molecule has 3 rings (SSSR count). The molecule has 0 aliphatic carbocycles. The first kappa shape index (κ1) is 21.3. The Bertz CT molecular complexity index is 1000. The van der Waals surface area contributed by atoms with Crippen LogP contribution < -0.4 is 15.8 Å². The molecule has 0 saturated carbocycles. The van der Waals surface area contributed by atoms with Gasteiger partial charge in [0, 0.05) is 25.5 Å². The Kier molecular flexibility index (Phi) is 6.36. The van der Waals surface area contributed by atoms with Gasteiger partial charge in [-0.1, -0.05) is 30.3 Å². The molecule has 1 unspecified atom stereocenters. The van der Waals surface area contributed by atoms with Crippen molar-refractivity contribution in [2.45, 2.75) is 32.3 Å². The van der Waals surface area contributed by atoms with Crippen LogP contribution in [0.4, 0.5) is 13.2 Å². The van der Waals surface area contributed by atoms with Gasteiger partial charge >= 0.3 is 6.36 Å². The third kappa shape index (κ3) is 5.80. The first-order valence-electron chi connectivity index (χ1n) is 8.98. The summed E-state index contributed by atoms with van der Waals surface area (Å²) in [4.78, 5) is 11.6. The van der Waals surface area contributed by atoms with Crippen LogP contribution in [0.25, 0.3) is 11.5 Å². The number of alkyl halides is 3. The molecule has 0 radical (unpaired) electrons. The Labute approximate surface area is 170 Å². The summed E-state index contributed by atoms with van der Waals surface area (Å²) in [7, 11) is 0. The van der Waals surface area contributed by atoms with Crippen molar-refractivity contribution < 1.29 is 27.1 Å². The fraction of sp³-hybridized carbons (Fsp3) is 0.250. The molecule has 0 saturated heterocycles. The fourth-order valence-electron chi connectivity index (χ4n) is 2.81. The highest BCUT2D eigenvalue weighted by Gasteiger charge is 2.31. The Balaban J connectivity index is 1.83. The number of nitrogens with one attached hydrogen (secondary N) is 1. The molecule has 0 spiro atoms. The summed E-state index contributed by atoms with van der Waals surface area (Å²) >= 11 is 0. The van der Waals surface area contributed by atoms with Gasteiger partial charge in [0.15, 0.2) is 0 Å². The van der Waals surface area contributed by atoms with E-state index in [9.17, 15) is 18.0 Å². The number of nitrogens with zero attached hydrogens (tertiary/aromatic N) is 2. The molecule has 3 N–H and O–H groups in total. The second-order valence-electron chi connectivity index (χ2n) is 6.50. The Hall–Kier alpha value is -3.40. The van der Waals surface area contributed by atoms with Crippen molar-refractivity contribution >= 4 is 5.91 Å². The summed E-state index contributed by atoms with van der Waals surface area (Å²) in [6, 6.07) is 12.1. The van der Waals surface area contributed by atoms with Crippen molar-refractivity contribution in [3.63, 3.8) is 0 Å². The van der Waals surface area contributed by atoms with Gasteiger partial charge in [0.25, 0.3) is 0 Å². The zero-order valence-corrected chi connectivity index (χ0v) is 15.9. The smallest absolute Gasteiger partial charge is 0.418 e. The summed E-state index contributed by atoms with van der Waals surface area (Å²) in [6.45, 7) is 1.78. The summed E-state index contributed by atoms with van der Waals surface area (Å²) < 4.78 is 46.9. The Morgan fingerprint density at radius 3 is 2.50 bits per heavy atom. The van der Waals surface area contributed by atoms with Crippen LogP contribution in [0.5, 0.6) is 5.75 Å². The lowest BCUT2D eigenvalue weighted by molar-refractivity contribution is -0.274. The number of amides is 1. The van der Waals surface area contributed by atoms with Gasteiger partial charge in [-0.15, -0.1) is 23.4 Å². The van der Waals surface area contributed by atoms with Crippen molar-refractivity contribution in [2.75, 3.05) is 0 Å². The van der Waals surface area contributed by atoms with Gasteiger partial charge in [0.05, 0.1) is 0 Å². The van der Waals surface area contributed by atoms with Crippen molar-refractivity contribution in [1.82, 2.24) is 15.5 Å². The Morgan fingerprint density at radius 1 is 1.17 bits per heavy atom. The van der Waals surface area contributed by atoms with E-state index >= 15 is 0 Å². The first-order valence-corrected chi connectivity index (χ1v) is 8.98. The summed E-state index contributed by atoms with van der Waals surface area (Å²) in [6.07, 6.45) is -4.43. The number of rotatable bonds is 7. The summed E-state index contributed by atoms with van der Waals surface area (Å²) in [5.74, 6) is -0.561. The fourth-order valence-corrected chi connectivity index (χ4v) is 2.81. The maximum absolute atomic E-state index is 12.4. The largest absolute Gasteiger partial charge is 0.573 e. The minimum atomic E-state index is -4.81. The average Bonchev–Trinajstić information content (AvgIpc) is 3.17. The molecular weight excluding hydrogens is 401 g/mol. The summed E-state index contributed by atoms with van der Waals surface area (Å²) in [5, 5.41) is 10.6. The van der Waals surface area contributed by atoms with Gasteiger partial charge < -0.3 is 20.2 Å². The predicted octanol–water partition coefficient (Wildman–Crippen LogP) is 3.51. The number of carbonyl (C=O) groups excluding carboxylic acids is 1. The SMILES string of the molecule is CC(=O)NC(Cc1ccc(CN)cc1)c1nnc(-c2cccc(OC(F)(F)F)c2)o1. The molecule has 0 bridgehead atoms. The number of benzene rings is 2. The number of hydrogen-bond acceptors (Lipinski definition) is 6. The maximum Gasteiger partial charge on any atom is 0.573 e. The molecule has 10 heteroatoms. The van der Waals surface area contributed by atoms with E-state index in [-0.39, 0.29) is 23.3 Å². The van der Waals surface area contributed by atoms with Gasteiger partial charge in [-0.3, -0.25) is 4.79 Å². The second-order valence-corrected chi connectivity index (χ2v) is 6.50. The third-order valence-electron chi connectivity index (χ3n) is 4.13. The number of aromatic nitrogens is 2. The van der Waals surface area contributed by atoms with Crippen LogP contribution in [0.1, 0.15) is 30.0 Å². The molecule has 7 nitrogen and oxygen atoms in total. The molecule has 1 atom stereocenters. The number of hydrogen-bond donors (Lipinski definition) is 2. The molecule has 0 fully saturated rings. The van der Waals surface area contributed by atoms with Crippen molar-refractivity contribution in [3.05, 3.63) is 65.5 Å². The number of halogens is 3. The molecule has 3 aromatic rings. The van der Waals surface area contributed by atoms with Gasteiger partial charge in [-0.2, -0.15) is 0 Å². The van der Waals surface area contributed by atoms with E-state index < -0.39 is 18.2 Å². The zero-order valence-electron chi connectivity index (χ0n) is 15.9. The van der Waals surface area contributed by atoms with Crippen molar-refractivity contribution in [1.29, 1.82) is 0 Å². The van der Waals surface area contributed by atoms with Gasteiger partial charge in [-0.05, 0) is 29.3 Å². The number of ether oxygens (including phenoxy) is 1. The lowest BCUT2D eigenvalue weighted by Gasteiger charge is -2.14. The summed E-state index contributed by atoms with van der Waals surface area (Å²) in [5.41, 5.74) is 7.73. The van der Waals surface area contributed by atoms with Crippen LogP contribution in [0.15, 0.2) is 52.9 Å². The van der Waals surface area contributed by atoms with E-state index in [1.54, 1.807) is 0 Å². The van der Waals surface area contributed by atoms with Crippen LogP contribution >= 0.6 is 0 Å². The van der Waals surface area contributed by atoms with E-state index in [0.29, 0.717) is 13.0 Å². The molecule has 1 heterocycles. The van der Waals surface area contributed by atoms with E-state index in [0.717, 1.165) is 17.2 Å². The third-order valence-corrected chi connectivity index (χ3v) is 4.13. The standard InChI is InChI=1S/C20H19F3N4O3/c1-12(28)25-17(9-13-5-7-14(11-24)8-6-13)19-27-26-18(29-19)15-3-2-4-16(10-15)30-20(21,22)23/h2-8,10,17H,9,11,24H2,1H3,(H,25,28). The minimum Gasteiger partial charge on any atom is -0.418 e. The van der Waals surface area contributed by atoms with Gasteiger partial charge in [0.1, 0.15) is 11.8 Å². The van der Waals surface area contributed by atoms with Crippen molar-refractivity contribution in [3.8, 4) is 17.2 Å². The van der Waals surface area contributed by atoms with Gasteiger partial charge in [-0.25, -0.2) is 0 Å². The quantitative estimate of drug-likeness (QED) is 0.606. The van der Waals surface area contributed by atoms with E-state index in [2.05, 4.69) is 20.3 Å². The molecule has 0 aliphatic rings. The Morgan fingerprint density at radius 2 is 1.87 bits per heavy atom. The van der Waals surface area contributed by atoms with Crippen LogP contribution in [-0.2, 0) is 17.8 Å². The molecule has 1 aromatic heterocycles. The van der Waals surface area contributed by atoms with Crippen LogP contribution in [0, 0.1) is 0 Å². The van der Waals surface area contributed by atoms with Crippen LogP contribution in [-0.4, -0.2) is 22.5 Å². The molecule has 2 aromatic carbocycles. The van der Waals surface area contributed by atoms with Crippen molar-refractivity contribution in [2.24, 2.45) is 5.73 Å². The number of nitrogens with two attached hydrogens (primary N) is 1. The monoisotopic (exact) mass is 420 g/mol. The normalized spacial score (nSPS) is 12.4. The molecular formula is C20H19F3N4O3. The topological polar surface area (TPSA) is 103 Å². The zero-order chi connectivity index (χ0) is 21.7. The number of carbonyl (C=O) groups is 1. The first-order chi connectivity index (χ1) is 14.2. The predicted molar refractivity (Wildman–Crippen MR) is 101 cm³/mol. The van der Waals surface area contributed by atoms with Crippen LogP contribution in [0.3, 0.4) is 0 Å². The highest BCUT2D eigenvalue weighted by Crippen LogP contribution is 2.28. The molecule has 0 aliphatic heterocycles. The van der Waals surface area contributed by atoms with E-state index in [4.69, 9.17) is 10.2 Å². The minimum absolute atomic E-state index is 0.00598. The molecule has 30 heavy (non-hydrogen) atoms. The lowest BCUT2D eigenvalue weighted by atomic mass is 10.0.